The van der Waals surface area contributed by atoms with Crippen molar-refractivity contribution < 1.29 is 14.3 Å². The Morgan fingerprint density at radius 2 is 2.19 bits per heavy atom. The molecule has 0 fully saturated rings. The van der Waals surface area contributed by atoms with E-state index in [0.29, 0.717) is 28.8 Å². The molecule has 0 bridgehead atoms. The number of rotatable bonds is 4. The molecule has 3 aromatic rings. The van der Waals surface area contributed by atoms with Gasteiger partial charge in [0.15, 0.2) is 11.9 Å². The van der Waals surface area contributed by atoms with Crippen LogP contribution in [0.2, 0.25) is 5.02 Å². The van der Waals surface area contributed by atoms with Gasteiger partial charge in [0.05, 0.1) is 12.7 Å². The predicted molar refractivity (Wildman–Crippen MR) is 96.6 cm³/mol. The molecule has 0 spiro atoms. The third-order valence-corrected chi connectivity index (χ3v) is 4.31. The van der Waals surface area contributed by atoms with E-state index in [1.165, 1.54) is 0 Å². The molecule has 132 valence electrons. The number of benzene rings is 2. The Bertz CT molecular complexity index is 973. The van der Waals surface area contributed by atoms with Crippen molar-refractivity contribution in [3.8, 4) is 22.9 Å². The van der Waals surface area contributed by atoms with E-state index < -0.39 is 6.10 Å². The summed E-state index contributed by atoms with van der Waals surface area (Å²) in [7, 11) is 1.58. The molecule has 8 heteroatoms. The largest absolute Gasteiger partial charge is 0.496 e. The van der Waals surface area contributed by atoms with Crippen molar-refractivity contribution in [2.24, 2.45) is 0 Å². The van der Waals surface area contributed by atoms with Gasteiger partial charge in [-0.1, -0.05) is 23.7 Å². The Morgan fingerprint density at radius 1 is 1.35 bits per heavy atom. The predicted octanol–water partition coefficient (Wildman–Crippen LogP) is 3.08. The first-order valence-corrected chi connectivity index (χ1v) is 8.33. The number of carbonyl (C=O) groups excluding carboxylic acids is 1. The highest BCUT2D eigenvalue weighted by Crippen LogP contribution is 2.31. The molecule has 0 radical (unpaired) electrons. The molecule has 2 N–H and O–H groups in total. The monoisotopic (exact) mass is 370 g/mol. The third-order valence-electron chi connectivity index (χ3n) is 4.07. The van der Waals surface area contributed by atoms with Gasteiger partial charge in [0.2, 0.25) is 5.95 Å². The number of H-pyrrole nitrogens is 1. The Morgan fingerprint density at radius 3 is 3.04 bits per heavy atom. The van der Waals surface area contributed by atoms with E-state index in [1.54, 1.807) is 25.3 Å². The maximum atomic E-state index is 12.4. The molecule has 0 saturated carbocycles. The third kappa shape index (κ3) is 3.09. The van der Waals surface area contributed by atoms with Crippen molar-refractivity contribution in [2.45, 2.75) is 12.5 Å². The SMILES string of the molecule is COc1ccccc1-c1nc(NC(=O)C2Cc3cc(Cl)ccc3O2)n[nH]1. The number of carbonyl (C=O) groups is 1. The van der Waals surface area contributed by atoms with Gasteiger partial charge >= 0.3 is 0 Å². The van der Waals surface area contributed by atoms with Crippen molar-refractivity contribution in [1.82, 2.24) is 15.2 Å². The van der Waals surface area contributed by atoms with E-state index in [2.05, 4.69) is 20.5 Å². The van der Waals surface area contributed by atoms with Crippen LogP contribution in [0.5, 0.6) is 11.5 Å². The molecule has 1 unspecified atom stereocenters. The molecule has 7 nitrogen and oxygen atoms in total. The van der Waals surface area contributed by atoms with E-state index >= 15 is 0 Å². The molecular weight excluding hydrogens is 356 g/mol. The zero-order chi connectivity index (χ0) is 18.1. The summed E-state index contributed by atoms with van der Waals surface area (Å²) in [5.74, 6) is 1.68. The number of nitrogens with one attached hydrogen (secondary N) is 2. The summed E-state index contributed by atoms with van der Waals surface area (Å²) >= 11 is 5.98. The number of nitrogens with zero attached hydrogens (tertiary/aromatic N) is 2. The Kier molecular flexibility index (Phi) is 4.22. The second-order valence-corrected chi connectivity index (χ2v) is 6.20. The van der Waals surface area contributed by atoms with Crippen molar-refractivity contribution in [3.63, 3.8) is 0 Å². The summed E-state index contributed by atoms with van der Waals surface area (Å²) in [5, 5.41) is 10.1. The first-order valence-electron chi connectivity index (χ1n) is 7.96. The summed E-state index contributed by atoms with van der Waals surface area (Å²) in [5.41, 5.74) is 1.66. The number of aromatic amines is 1. The molecule has 2 heterocycles. The van der Waals surface area contributed by atoms with Crippen LogP contribution in [0.3, 0.4) is 0 Å². The number of anilines is 1. The molecule has 1 aliphatic heterocycles. The maximum Gasteiger partial charge on any atom is 0.268 e. The highest BCUT2D eigenvalue weighted by Gasteiger charge is 2.30. The maximum absolute atomic E-state index is 12.4. The van der Waals surface area contributed by atoms with Crippen LogP contribution in [-0.2, 0) is 11.2 Å². The number of para-hydroxylation sites is 1. The average Bonchev–Trinajstić information content (AvgIpc) is 3.28. The zero-order valence-electron chi connectivity index (χ0n) is 13.8. The number of methoxy groups -OCH3 is 1. The topological polar surface area (TPSA) is 89.1 Å². The van der Waals surface area contributed by atoms with E-state index in [1.807, 2.05) is 24.3 Å². The van der Waals surface area contributed by atoms with Crippen LogP contribution in [0.25, 0.3) is 11.4 Å². The lowest BCUT2D eigenvalue weighted by Crippen LogP contribution is -2.31. The second kappa shape index (κ2) is 6.68. The van der Waals surface area contributed by atoms with Crippen LogP contribution in [0.1, 0.15) is 5.56 Å². The normalized spacial score (nSPS) is 15.2. The number of amides is 1. The van der Waals surface area contributed by atoms with E-state index in [9.17, 15) is 4.79 Å². The number of fused-ring (bicyclic) bond motifs is 1. The van der Waals surface area contributed by atoms with Crippen LogP contribution >= 0.6 is 11.6 Å². The lowest BCUT2D eigenvalue weighted by Gasteiger charge is -2.08. The smallest absolute Gasteiger partial charge is 0.268 e. The molecular formula is C18H15ClN4O3. The minimum absolute atomic E-state index is 0.175. The highest BCUT2D eigenvalue weighted by atomic mass is 35.5. The molecule has 1 amide bonds. The molecule has 26 heavy (non-hydrogen) atoms. The number of halogens is 1. The summed E-state index contributed by atoms with van der Waals surface area (Å²) < 4.78 is 11.0. The van der Waals surface area contributed by atoms with Gasteiger partial charge in [0.25, 0.3) is 5.91 Å². The van der Waals surface area contributed by atoms with Gasteiger partial charge in [-0.05, 0) is 35.9 Å². The molecule has 2 aromatic carbocycles. The van der Waals surface area contributed by atoms with Crippen molar-refractivity contribution in [3.05, 3.63) is 53.1 Å². The van der Waals surface area contributed by atoms with Gasteiger partial charge in [0, 0.05) is 11.4 Å². The molecule has 1 aromatic heterocycles. The summed E-state index contributed by atoms with van der Waals surface area (Å²) in [6.45, 7) is 0. The Balaban J connectivity index is 1.47. The van der Waals surface area contributed by atoms with Crippen LogP contribution in [-0.4, -0.2) is 34.3 Å². The number of aromatic nitrogens is 3. The van der Waals surface area contributed by atoms with Gasteiger partial charge < -0.3 is 9.47 Å². The van der Waals surface area contributed by atoms with Crippen LogP contribution in [0, 0.1) is 0 Å². The van der Waals surface area contributed by atoms with Crippen molar-refractivity contribution >= 4 is 23.5 Å². The Labute approximate surface area is 154 Å². The Hall–Kier alpha value is -3.06. The fourth-order valence-corrected chi connectivity index (χ4v) is 3.03. The van der Waals surface area contributed by atoms with Crippen LogP contribution < -0.4 is 14.8 Å². The fourth-order valence-electron chi connectivity index (χ4n) is 2.83. The molecule has 0 aliphatic carbocycles. The number of hydrogen-bond acceptors (Lipinski definition) is 5. The fraction of sp³-hybridized carbons (Fsp3) is 0.167. The molecule has 0 saturated heterocycles. The highest BCUT2D eigenvalue weighted by molar-refractivity contribution is 6.30. The minimum atomic E-state index is -0.642. The van der Waals surface area contributed by atoms with Crippen molar-refractivity contribution in [1.29, 1.82) is 0 Å². The summed E-state index contributed by atoms with van der Waals surface area (Å²) in [6, 6.07) is 12.7. The summed E-state index contributed by atoms with van der Waals surface area (Å²) in [6.07, 6.45) is -0.192. The van der Waals surface area contributed by atoms with Gasteiger partial charge in [0.1, 0.15) is 11.5 Å². The standard InChI is InChI=1S/C18H15ClN4O3/c1-25-14-5-3-2-4-12(14)16-20-18(23-22-16)21-17(24)15-9-10-8-11(19)6-7-13(10)26-15/h2-8,15H,9H2,1H3,(H2,20,21,22,23,24). The van der Waals surface area contributed by atoms with E-state index in [0.717, 1.165) is 11.1 Å². The van der Waals surface area contributed by atoms with Gasteiger partial charge in [-0.3, -0.25) is 15.2 Å². The first kappa shape index (κ1) is 16.4. The van der Waals surface area contributed by atoms with Crippen LogP contribution in [0.4, 0.5) is 5.95 Å². The summed E-state index contributed by atoms with van der Waals surface area (Å²) in [4.78, 5) is 16.8. The minimum Gasteiger partial charge on any atom is -0.496 e. The van der Waals surface area contributed by atoms with Crippen LogP contribution in [0.15, 0.2) is 42.5 Å². The average molecular weight is 371 g/mol. The molecule has 1 atom stereocenters. The van der Waals surface area contributed by atoms with E-state index in [-0.39, 0.29) is 11.9 Å². The zero-order valence-corrected chi connectivity index (χ0v) is 14.6. The van der Waals surface area contributed by atoms with Gasteiger partial charge in [-0.25, -0.2) is 0 Å². The van der Waals surface area contributed by atoms with Gasteiger partial charge in [-0.2, -0.15) is 4.98 Å². The lowest BCUT2D eigenvalue weighted by atomic mass is 10.1. The molecule has 1 aliphatic rings. The first-order chi connectivity index (χ1) is 12.6. The number of ether oxygens (including phenoxy) is 2. The molecule has 4 rings (SSSR count). The lowest BCUT2D eigenvalue weighted by molar-refractivity contribution is -0.122. The van der Waals surface area contributed by atoms with Crippen molar-refractivity contribution in [2.75, 3.05) is 12.4 Å². The number of hydrogen-bond donors (Lipinski definition) is 2. The quantitative estimate of drug-likeness (QED) is 0.736. The second-order valence-electron chi connectivity index (χ2n) is 5.76. The van der Waals surface area contributed by atoms with E-state index in [4.69, 9.17) is 21.1 Å². The van der Waals surface area contributed by atoms with Gasteiger partial charge in [-0.15, -0.1) is 5.10 Å².